The van der Waals surface area contributed by atoms with Crippen molar-refractivity contribution in [2.45, 2.75) is 13.8 Å². The summed E-state index contributed by atoms with van der Waals surface area (Å²) in [6.07, 6.45) is 2.16. The maximum atomic E-state index is 3.97. The summed E-state index contributed by atoms with van der Waals surface area (Å²) in [6.45, 7) is 11.2. The molecule has 0 aliphatic carbocycles. The number of nitrogens with one attached hydrogen (secondary N) is 1. The van der Waals surface area contributed by atoms with Crippen molar-refractivity contribution in [2.24, 2.45) is 0 Å². The van der Waals surface area contributed by atoms with Crippen molar-refractivity contribution in [3.05, 3.63) is 24.0 Å². The lowest BCUT2D eigenvalue weighted by molar-refractivity contribution is 0.392. The maximum absolute atomic E-state index is 3.97. The zero-order valence-electron chi connectivity index (χ0n) is 7.35. The molecule has 2 heteroatoms. The Morgan fingerprint density at radius 3 is 2.91 bits per heavy atom. The Hall–Kier alpha value is -0.760. The van der Waals surface area contributed by atoms with E-state index in [0.29, 0.717) is 0 Å². The van der Waals surface area contributed by atoms with Crippen molar-refractivity contribution in [2.75, 3.05) is 19.6 Å². The quantitative estimate of drug-likeness (QED) is 0.609. The summed E-state index contributed by atoms with van der Waals surface area (Å²) in [5.74, 6) is 0. The van der Waals surface area contributed by atoms with Gasteiger partial charge in [0.1, 0.15) is 0 Å². The van der Waals surface area contributed by atoms with Gasteiger partial charge in [-0.1, -0.05) is 12.2 Å². The van der Waals surface area contributed by atoms with Crippen molar-refractivity contribution in [1.82, 2.24) is 10.2 Å². The predicted octanol–water partition coefficient (Wildman–Crippen LogP) is 1.33. The Morgan fingerprint density at radius 1 is 1.64 bits per heavy atom. The average Bonchev–Trinajstić information content (AvgIpc) is 1.93. The number of hydrogen-bond donors (Lipinski definition) is 1. The van der Waals surface area contributed by atoms with Crippen molar-refractivity contribution >= 4 is 0 Å². The fourth-order valence-corrected chi connectivity index (χ4v) is 1.16. The van der Waals surface area contributed by atoms with Crippen LogP contribution in [0.5, 0.6) is 0 Å². The molecule has 62 valence electrons. The fraction of sp³-hybridized carbons (Fsp3) is 0.556. The lowest BCUT2D eigenvalue weighted by Crippen LogP contribution is -2.38. The molecule has 1 aliphatic heterocycles. The first-order valence-corrected chi connectivity index (χ1v) is 4.00. The molecule has 0 saturated carbocycles. The van der Waals surface area contributed by atoms with Gasteiger partial charge < -0.3 is 10.2 Å². The third-order valence-corrected chi connectivity index (χ3v) is 1.68. The number of piperazine rings is 1. The zero-order valence-corrected chi connectivity index (χ0v) is 7.35. The van der Waals surface area contributed by atoms with Crippen LogP contribution in [0.4, 0.5) is 0 Å². The SMILES string of the molecule is C=C1CNCCN1C=C(C)C. The molecule has 0 bridgehead atoms. The molecule has 1 saturated heterocycles. The monoisotopic (exact) mass is 152 g/mol. The molecule has 0 aromatic heterocycles. The number of hydrogen-bond acceptors (Lipinski definition) is 2. The molecule has 1 rings (SSSR count). The largest absolute Gasteiger partial charge is 0.350 e. The van der Waals surface area contributed by atoms with Gasteiger partial charge in [0, 0.05) is 31.5 Å². The molecule has 0 amide bonds. The van der Waals surface area contributed by atoms with Gasteiger partial charge in [0.2, 0.25) is 0 Å². The third-order valence-electron chi connectivity index (χ3n) is 1.68. The van der Waals surface area contributed by atoms with Crippen molar-refractivity contribution < 1.29 is 0 Å². The van der Waals surface area contributed by atoms with E-state index in [1.807, 2.05) is 0 Å². The van der Waals surface area contributed by atoms with E-state index in [-0.39, 0.29) is 0 Å². The Kier molecular flexibility index (Phi) is 2.71. The van der Waals surface area contributed by atoms with Crippen LogP contribution in [0, 0.1) is 0 Å². The van der Waals surface area contributed by atoms with Crippen LogP contribution in [-0.4, -0.2) is 24.5 Å². The summed E-state index contributed by atoms with van der Waals surface area (Å²) in [6, 6.07) is 0. The summed E-state index contributed by atoms with van der Waals surface area (Å²) < 4.78 is 0. The van der Waals surface area contributed by atoms with Crippen LogP contribution in [0.1, 0.15) is 13.8 Å². The Bertz CT molecular complexity index is 178. The molecule has 11 heavy (non-hydrogen) atoms. The van der Waals surface area contributed by atoms with Crippen LogP contribution >= 0.6 is 0 Å². The summed E-state index contributed by atoms with van der Waals surface area (Å²) in [5.41, 5.74) is 2.49. The minimum atomic E-state index is 0.920. The highest BCUT2D eigenvalue weighted by Crippen LogP contribution is 2.06. The lowest BCUT2D eigenvalue weighted by Gasteiger charge is -2.28. The van der Waals surface area contributed by atoms with Crippen molar-refractivity contribution in [3.8, 4) is 0 Å². The van der Waals surface area contributed by atoms with E-state index in [4.69, 9.17) is 0 Å². The van der Waals surface area contributed by atoms with Gasteiger partial charge in [-0.2, -0.15) is 0 Å². The smallest absolute Gasteiger partial charge is 0.0353 e. The van der Waals surface area contributed by atoms with Crippen molar-refractivity contribution in [1.29, 1.82) is 0 Å². The molecule has 1 N–H and O–H groups in total. The summed E-state index contributed by atoms with van der Waals surface area (Å²) in [4.78, 5) is 2.21. The minimum Gasteiger partial charge on any atom is -0.350 e. The van der Waals surface area contributed by atoms with Crippen LogP contribution < -0.4 is 5.32 Å². The van der Waals surface area contributed by atoms with E-state index >= 15 is 0 Å². The predicted molar refractivity (Wildman–Crippen MR) is 48.1 cm³/mol. The number of allylic oxidation sites excluding steroid dienone is 1. The molecule has 0 radical (unpaired) electrons. The third kappa shape index (κ3) is 2.39. The Labute approximate surface area is 68.6 Å². The molecule has 1 aliphatic rings. The molecule has 1 heterocycles. The summed E-state index contributed by atoms with van der Waals surface area (Å²) in [5, 5.41) is 3.27. The molecule has 0 aromatic rings. The van der Waals surface area contributed by atoms with Crippen LogP contribution in [0.25, 0.3) is 0 Å². The van der Waals surface area contributed by atoms with Crippen LogP contribution in [0.2, 0.25) is 0 Å². The maximum Gasteiger partial charge on any atom is 0.0353 e. The van der Waals surface area contributed by atoms with E-state index in [0.717, 1.165) is 25.3 Å². The fourth-order valence-electron chi connectivity index (χ4n) is 1.16. The normalized spacial score (nSPS) is 18.4. The highest BCUT2D eigenvalue weighted by Gasteiger charge is 2.08. The van der Waals surface area contributed by atoms with Gasteiger partial charge in [0.25, 0.3) is 0 Å². The first kappa shape index (κ1) is 8.34. The molecule has 1 fully saturated rings. The number of nitrogens with zero attached hydrogens (tertiary/aromatic N) is 1. The van der Waals surface area contributed by atoms with Crippen LogP contribution in [-0.2, 0) is 0 Å². The van der Waals surface area contributed by atoms with Gasteiger partial charge in [0.15, 0.2) is 0 Å². The molecular formula is C9H16N2. The molecule has 0 aromatic carbocycles. The van der Waals surface area contributed by atoms with Crippen LogP contribution in [0.3, 0.4) is 0 Å². The molecule has 2 nitrogen and oxygen atoms in total. The first-order chi connectivity index (χ1) is 5.20. The van der Waals surface area contributed by atoms with E-state index in [1.165, 1.54) is 5.57 Å². The Morgan fingerprint density at radius 2 is 2.36 bits per heavy atom. The van der Waals surface area contributed by atoms with E-state index in [2.05, 4.69) is 36.8 Å². The van der Waals surface area contributed by atoms with E-state index < -0.39 is 0 Å². The second-order valence-corrected chi connectivity index (χ2v) is 3.14. The molecule has 0 atom stereocenters. The minimum absolute atomic E-state index is 0.920. The summed E-state index contributed by atoms with van der Waals surface area (Å²) >= 11 is 0. The first-order valence-electron chi connectivity index (χ1n) is 4.00. The van der Waals surface area contributed by atoms with Gasteiger partial charge in [-0.3, -0.25) is 0 Å². The standard InChI is InChI=1S/C9H16N2/c1-8(2)7-11-5-4-10-6-9(11)3/h7,10H,3-6H2,1-2H3. The lowest BCUT2D eigenvalue weighted by atomic mass is 10.3. The van der Waals surface area contributed by atoms with Gasteiger partial charge in [-0.15, -0.1) is 0 Å². The second kappa shape index (κ2) is 3.58. The van der Waals surface area contributed by atoms with Gasteiger partial charge in [-0.25, -0.2) is 0 Å². The number of rotatable bonds is 1. The topological polar surface area (TPSA) is 15.3 Å². The zero-order chi connectivity index (χ0) is 8.27. The van der Waals surface area contributed by atoms with E-state index in [1.54, 1.807) is 0 Å². The highest BCUT2D eigenvalue weighted by molar-refractivity contribution is 5.07. The summed E-state index contributed by atoms with van der Waals surface area (Å²) in [7, 11) is 0. The molecule has 0 unspecified atom stereocenters. The molecular weight excluding hydrogens is 136 g/mol. The average molecular weight is 152 g/mol. The highest BCUT2D eigenvalue weighted by atomic mass is 15.2. The van der Waals surface area contributed by atoms with Crippen molar-refractivity contribution in [3.63, 3.8) is 0 Å². The second-order valence-electron chi connectivity index (χ2n) is 3.14. The molecule has 0 spiro atoms. The van der Waals surface area contributed by atoms with Gasteiger partial charge in [-0.05, 0) is 13.8 Å². The van der Waals surface area contributed by atoms with Gasteiger partial charge in [0.05, 0.1) is 0 Å². The Balaban J connectivity index is 2.55. The van der Waals surface area contributed by atoms with E-state index in [9.17, 15) is 0 Å². The van der Waals surface area contributed by atoms with Crippen LogP contribution in [0.15, 0.2) is 24.0 Å². The van der Waals surface area contributed by atoms with Gasteiger partial charge >= 0.3 is 0 Å².